The molecule has 1 aromatic carbocycles. The Bertz CT molecular complexity index is 754. The van der Waals surface area contributed by atoms with Gasteiger partial charge < -0.3 is 4.90 Å². The number of carbonyl (C=O) groups is 1. The molecule has 1 aliphatic carbocycles. The first-order chi connectivity index (χ1) is 12.9. The van der Waals surface area contributed by atoms with Crippen molar-refractivity contribution in [1.29, 1.82) is 0 Å². The Labute approximate surface area is 161 Å². The molecule has 2 aliphatic rings. The normalized spacial score (nSPS) is 20.5. The Morgan fingerprint density at radius 1 is 1.11 bits per heavy atom. The lowest BCUT2D eigenvalue weighted by Gasteiger charge is -2.36. The monoisotopic (exact) mass is 396 g/mol. The third kappa shape index (κ3) is 4.88. The molecule has 0 unspecified atom stereocenters. The fourth-order valence-corrected chi connectivity index (χ4v) is 5.80. The molecule has 27 heavy (non-hydrogen) atoms. The topological polar surface area (TPSA) is 57.7 Å². The number of hydrogen-bond acceptors (Lipinski definition) is 3. The van der Waals surface area contributed by atoms with Crippen molar-refractivity contribution in [2.45, 2.75) is 56.7 Å². The number of carbonyl (C=O) groups excluding carboxylic acids is 1. The van der Waals surface area contributed by atoms with E-state index in [-0.39, 0.29) is 23.1 Å². The van der Waals surface area contributed by atoms with E-state index in [1.165, 1.54) is 35.7 Å². The molecule has 5 nitrogen and oxygen atoms in total. The number of benzene rings is 1. The van der Waals surface area contributed by atoms with E-state index < -0.39 is 15.8 Å². The highest BCUT2D eigenvalue weighted by Gasteiger charge is 2.34. The van der Waals surface area contributed by atoms with Crippen LogP contribution in [0, 0.1) is 11.7 Å². The molecule has 7 heteroatoms. The van der Waals surface area contributed by atoms with E-state index in [4.69, 9.17) is 0 Å². The van der Waals surface area contributed by atoms with Crippen molar-refractivity contribution in [3.63, 3.8) is 0 Å². The van der Waals surface area contributed by atoms with Gasteiger partial charge in [0, 0.05) is 37.7 Å². The highest BCUT2D eigenvalue weighted by atomic mass is 32.2. The van der Waals surface area contributed by atoms with Gasteiger partial charge in [-0.1, -0.05) is 37.5 Å². The molecule has 3 rings (SSSR count). The summed E-state index contributed by atoms with van der Waals surface area (Å²) in [5.74, 6) is -0.801. The van der Waals surface area contributed by atoms with Crippen LogP contribution in [0.2, 0.25) is 0 Å². The maximum Gasteiger partial charge on any atom is 0.225 e. The van der Waals surface area contributed by atoms with Gasteiger partial charge in [-0.2, -0.15) is 0 Å². The summed E-state index contributed by atoms with van der Waals surface area (Å²) in [6.07, 6.45) is 6.80. The lowest BCUT2D eigenvalue weighted by molar-refractivity contribution is -0.138. The third-order valence-electron chi connectivity index (χ3n) is 5.96. The summed E-state index contributed by atoms with van der Waals surface area (Å²) in [7, 11) is -1.69. The summed E-state index contributed by atoms with van der Waals surface area (Å²) >= 11 is 0. The smallest absolute Gasteiger partial charge is 0.225 e. The molecule has 0 bridgehead atoms. The highest BCUT2D eigenvalue weighted by molar-refractivity contribution is 7.88. The first-order valence-electron chi connectivity index (χ1n) is 9.86. The van der Waals surface area contributed by atoms with Crippen LogP contribution in [0.4, 0.5) is 4.39 Å². The van der Waals surface area contributed by atoms with Crippen molar-refractivity contribution in [3.05, 3.63) is 35.6 Å². The van der Waals surface area contributed by atoms with Crippen LogP contribution in [-0.2, 0) is 20.6 Å². The molecule has 1 amide bonds. The van der Waals surface area contributed by atoms with Crippen LogP contribution in [0.1, 0.15) is 50.5 Å². The second-order valence-electron chi connectivity index (χ2n) is 7.76. The molecule has 1 aliphatic heterocycles. The van der Waals surface area contributed by atoms with Gasteiger partial charge in [0.15, 0.2) is 0 Å². The number of hydrogen-bond donors (Lipinski definition) is 0. The Morgan fingerprint density at radius 3 is 2.37 bits per heavy atom. The van der Waals surface area contributed by atoms with E-state index in [9.17, 15) is 17.6 Å². The predicted octanol–water partition coefficient (Wildman–Crippen LogP) is 3.16. The van der Waals surface area contributed by atoms with Crippen LogP contribution in [0.15, 0.2) is 24.3 Å². The molecular formula is C20H29FN2O3S. The second-order valence-corrected chi connectivity index (χ2v) is 9.73. The average molecular weight is 397 g/mol. The molecule has 0 spiro atoms. The van der Waals surface area contributed by atoms with E-state index in [1.54, 1.807) is 12.1 Å². The van der Waals surface area contributed by atoms with Crippen LogP contribution in [-0.4, -0.2) is 49.7 Å². The van der Waals surface area contributed by atoms with Gasteiger partial charge in [0.2, 0.25) is 15.9 Å². The fraction of sp³-hybridized carbons (Fsp3) is 0.650. The first kappa shape index (κ1) is 20.3. The van der Waals surface area contributed by atoms with Gasteiger partial charge in [-0.15, -0.1) is 0 Å². The van der Waals surface area contributed by atoms with Crippen molar-refractivity contribution in [1.82, 2.24) is 9.21 Å². The number of nitrogens with zero attached hydrogens (tertiary/aromatic N) is 2. The summed E-state index contributed by atoms with van der Waals surface area (Å²) in [4.78, 5) is 14.7. The molecular weight excluding hydrogens is 367 g/mol. The van der Waals surface area contributed by atoms with Crippen molar-refractivity contribution >= 4 is 15.9 Å². The van der Waals surface area contributed by atoms with E-state index in [1.807, 2.05) is 11.9 Å². The Kier molecular flexibility index (Phi) is 6.52. The van der Waals surface area contributed by atoms with Gasteiger partial charge in [-0.3, -0.25) is 4.79 Å². The van der Waals surface area contributed by atoms with Crippen LogP contribution >= 0.6 is 0 Å². The minimum Gasteiger partial charge on any atom is -0.343 e. The molecule has 1 heterocycles. The zero-order valence-electron chi connectivity index (χ0n) is 15.9. The minimum absolute atomic E-state index is 0.114. The summed E-state index contributed by atoms with van der Waals surface area (Å²) in [5, 5.41) is 0. The predicted molar refractivity (Wildman–Crippen MR) is 103 cm³/mol. The van der Waals surface area contributed by atoms with Gasteiger partial charge in [-0.25, -0.2) is 17.1 Å². The number of rotatable bonds is 5. The quantitative estimate of drug-likeness (QED) is 0.768. The number of piperidine rings is 1. The molecule has 0 radical (unpaired) electrons. The van der Waals surface area contributed by atoms with Crippen molar-refractivity contribution < 1.29 is 17.6 Å². The van der Waals surface area contributed by atoms with E-state index in [2.05, 4.69) is 0 Å². The number of amides is 1. The first-order valence-corrected chi connectivity index (χ1v) is 11.5. The summed E-state index contributed by atoms with van der Waals surface area (Å²) in [6, 6.07) is 6.29. The van der Waals surface area contributed by atoms with Crippen LogP contribution < -0.4 is 0 Å². The van der Waals surface area contributed by atoms with Gasteiger partial charge in [0.25, 0.3) is 0 Å². The maximum atomic E-state index is 13.8. The summed E-state index contributed by atoms with van der Waals surface area (Å²) in [5.41, 5.74) is 0.188. The Hall–Kier alpha value is -1.47. The second kappa shape index (κ2) is 8.69. The largest absolute Gasteiger partial charge is 0.343 e. The molecule has 0 atom stereocenters. The third-order valence-corrected chi connectivity index (χ3v) is 7.79. The van der Waals surface area contributed by atoms with Crippen molar-refractivity contribution in [2.75, 3.05) is 20.1 Å². The molecule has 2 fully saturated rings. The highest BCUT2D eigenvalue weighted by Crippen LogP contribution is 2.27. The molecule has 150 valence electrons. The van der Waals surface area contributed by atoms with Gasteiger partial charge in [0.1, 0.15) is 5.82 Å². The Morgan fingerprint density at radius 2 is 1.74 bits per heavy atom. The molecule has 1 saturated heterocycles. The molecule has 0 N–H and O–H groups in total. The molecule has 0 aromatic heterocycles. The lowest BCUT2D eigenvalue weighted by atomic mass is 9.91. The van der Waals surface area contributed by atoms with Crippen LogP contribution in [0.25, 0.3) is 0 Å². The Balaban J connectivity index is 1.56. The number of sulfonamides is 1. The fourth-order valence-electron chi connectivity index (χ4n) is 4.22. The van der Waals surface area contributed by atoms with Gasteiger partial charge in [0.05, 0.1) is 5.75 Å². The van der Waals surface area contributed by atoms with E-state index >= 15 is 0 Å². The SMILES string of the molecule is CN(C(=O)C1CCN(S(=O)(=O)Cc2ccccc2F)CC1)C1CCCCC1. The van der Waals surface area contributed by atoms with E-state index in [0.29, 0.717) is 32.0 Å². The van der Waals surface area contributed by atoms with Crippen LogP contribution in [0.5, 0.6) is 0 Å². The van der Waals surface area contributed by atoms with Crippen molar-refractivity contribution in [2.24, 2.45) is 5.92 Å². The zero-order chi connectivity index (χ0) is 19.4. The summed E-state index contributed by atoms with van der Waals surface area (Å²) in [6.45, 7) is 0.650. The summed E-state index contributed by atoms with van der Waals surface area (Å²) < 4.78 is 40.5. The molecule has 1 aromatic rings. The van der Waals surface area contributed by atoms with Crippen LogP contribution in [0.3, 0.4) is 0 Å². The average Bonchev–Trinajstić information content (AvgIpc) is 2.69. The van der Waals surface area contributed by atoms with E-state index in [0.717, 1.165) is 12.8 Å². The molecule has 1 saturated carbocycles. The van der Waals surface area contributed by atoms with Gasteiger partial charge >= 0.3 is 0 Å². The standard InChI is InChI=1S/C20H29FN2O3S/c1-22(18-8-3-2-4-9-18)20(24)16-11-13-23(14-12-16)27(25,26)15-17-7-5-6-10-19(17)21/h5-7,10,16,18H,2-4,8-9,11-15H2,1H3. The minimum atomic E-state index is -3.58. The van der Waals surface area contributed by atoms with Gasteiger partial charge in [-0.05, 0) is 31.7 Å². The van der Waals surface area contributed by atoms with Crippen molar-refractivity contribution in [3.8, 4) is 0 Å². The number of halogens is 1. The lowest BCUT2D eigenvalue weighted by Crippen LogP contribution is -2.46. The zero-order valence-corrected chi connectivity index (χ0v) is 16.8. The maximum absolute atomic E-state index is 13.8.